The lowest BCUT2D eigenvalue weighted by Gasteiger charge is -2.05. The first-order valence-electron chi connectivity index (χ1n) is 8.83. The van der Waals surface area contributed by atoms with Crippen molar-refractivity contribution in [1.29, 1.82) is 0 Å². The maximum absolute atomic E-state index is 12.9. The van der Waals surface area contributed by atoms with Crippen LogP contribution in [0.3, 0.4) is 0 Å². The van der Waals surface area contributed by atoms with Crippen LogP contribution in [0.15, 0.2) is 48.4 Å². The number of fused-ring (bicyclic) bond motifs is 2. The third kappa shape index (κ3) is 2.91. The zero-order chi connectivity index (χ0) is 19.1. The van der Waals surface area contributed by atoms with Crippen LogP contribution >= 0.6 is 0 Å². The van der Waals surface area contributed by atoms with Crippen LogP contribution < -0.4 is 9.47 Å². The van der Waals surface area contributed by atoms with Crippen molar-refractivity contribution in [3.05, 3.63) is 65.0 Å². The zero-order valence-corrected chi connectivity index (χ0v) is 15.4. The van der Waals surface area contributed by atoms with E-state index in [0.717, 1.165) is 23.0 Å². The number of ether oxygens (including phenoxy) is 2. The van der Waals surface area contributed by atoms with Gasteiger partial charge >= 0.3 is 5.97 Å². The molecule has 3 aromatic rings. The van der Waals surface area contributed by atoms with Crippen LogP contribution in [0.25, 0.3) is 17.0 Å². The summed E-state index contributed by atoms with van der Waals surface area (Å²) in [7, 11) is 0. The van der Waals surface area contributed by atoms with Crippen LogP contribution in [0.1, 0.15) is 35.3 Å². The van der Waals surface area contributed by atoms with Gasteiger partial charge < -0.3 is 14.0 Å². The van der Waals surface area contributed by atoms with Crippen molar-refractivity contribution in [3.8, 4) is 11.5 Å². The van der Waals surface area contributed by atoms with E-state index in [2.05, 4.69) is 17.6 Å². The van der Waals surface area contributed by atoms with Gasteiger partial charge in [-0.05, 0) is 37.6 Å². The molecule has 0 aliphatic carbocycles. The van der Waals surface area contributed by atoms with Gasteiger partial charge in [0.05, 0.1) is 5.56 Å². The number of nitrogens with zero attached hydrogens (tertiary/aromatic N) is 1. The van der Waals surface area contributed by atoms with Crippen molar-refractivity contribution in [2.75, 3.05) is 0 Å². The fraction of sp³-hybridized carbons (Fsp3) is 0.182. The molecule has 0 spiro atoms. The second-order valence-electron chi connectivity index (χ2n) is 6.53. The molecule has 27 heavy (non-hydrogen) atoms. The summed E-state index contributed by atoms with van der Waals surface area (Å²) < 4.78 is 13.1. The molecule has 0 saturated heterocycles. The molecule has 2 aromatic carbocycles. The van der Waals surface area contributed by atoms with E-state index in [-0.39, 0.29) is 11.5 Å². The van der Waals surface area contributed by atoms with E-state index in [1.807, 2.05) is 24.4 Å². The molecule has 0 atom stereocenters. The van der Waals surface area contributed by atoms with Crippen LogP contribution in [-0.2, 0) is 11.3 Å². The van der Waals surface area contributed by atoms with Gasteiger partial charge in [-0.2, -0.15) is 0 Å². The number of benzene rings is 2. The van der Waals surface area contributed by atoms with Gasteiger partial charge in [-0.3, -0.25) is 9.59 Å². The molecule has 4 rings (SSSR count). The van der Waals surface area contributed by atoms with E-state index in [1.165, 1.54) is 6.92 Å². The molecular formula is C22H19NO4. The van der Waals surface area contributed by atoms with Crippen molar-refractivity contribution in [1.82, 2.24) is 4.57 Å². The highest BCUT2D eigenvalue weighted by atomic mass is 16.5. The van der Waals surface area contributed by atoms with Crippen LogP contribution in [-0.4, -0.2) is 16.3 Å². The molecule has 1 aliphatic rings. The zero-order valence-electron chi connectivity index (χ0n) is 15.4. The van der Waals surface area contributed by atoms with E-state index < -0.39 is 5.97 Å². The number of carbonyl (C=O) groups is 2. The molecule has 2 heterocycles. The average Bonchev–Trinajstić information content (AvgIpc) is 3.13. The smallest absolute Gasteiger partial charge is 0.308 e. The van der Waals surface area contributed by atoms with Crippen molar-refractivity contribution < 1.29 is 19.1 Å². The molecule has 1 aromatic heterocycles. The fourth-order valence-corrected chi connectivity index (χ4v) is 3.50. The van der Waals surface area contributed by atoms with Gasteiger partial charge in [-0.15, -0.1) is 0 Å². The number of rotatable bonds is 3. The minimum absolute atomic E-state index is 0.162. The molecule has 1 aliphatic heterocycles. The molecule has 0 fully saturated rings. The summed E-state index contributed by atoms with van der Waals surface area (Å²) in [6.07, 6.45) is 3.80. The topological polar surface area (TPSA) is 57.5 Å². The van der Waals surface area contributed by atoms with E-state index in [9.17, 15) is 9.59 Å². The van der Waals surface area contributed by atoms with Crippen molar-refractivity contribution >= 4 is 28.7 Å². The number of ketones is 1. The Kier molecular flexibility index (Phi) is 4.07. The Morgan fingerprint density at radius 1 is 1.26 bits per heavy atom. The highest BCUT2D eigenvalue weighted by molar-refractivity contribution is 6.16. The highest BCUT2D eigenvalue weighted by Gasteiger charge is 2.30. The summed E-state index contributed by atoms with van der Waals surface area (Å²) in [5.41, 5.74) is 3.27. The molecule has 0 radical (unpaired) electrons. The first kappa shape index (κ1) is 17.1. The van der Waals surface area contributed by atoms with E-state index >= 15 is 0 Å². The van der Waals surface area contributed by atoms with Crippen LogP contribution in [0.5, 0.6) is 11.5 Å². The number of hydrogen-bond donors (Lipinski definition) is 0. The lowest BCUT2D eigenvalue weighted by molar-refractivity contribution is -0.131. The first-order chi connectivity index (χ1) is 13.0. The SMILES string of the molecule is CCn1cc(/C=C2\Oc3cc(OC(C)=O)cc(C)c3C2=O)c2ccccc21. The monoisotopic (exact) mass is 361 g/mol. The molecule has 0 unspecified atom stereocenters. The van der Waals surface area contributed by atoms with Crippen LogP contribution in [0, 0.1) is 6.92 Å². The minimum Gasteiger partial charge on any atom is -0.452 e. The molecule has 0 saturated carbocycles. The summed E-state index contributed by atoms with van der Waals surface area (Å²) in [4.78, 5) is 24.1. The van der Waals surface area contributed by atoms with Gasteiger partial charge in [0.25, 0.3) is 0 Å². The van der Waals surface area contributed by atoms with Gasteiger partial charge in [-0.1, -0.05) is 18.2 Å². The van der Waals surface area contributed by atoms with Gasteiger partial charge in [0, 0.05) is 42.2 Å². The van der Waals surface area contributed by atoms with E-state index in [1.54, 1.807) is 25.1 Å². The first-order valence-corrected chi connectivity index (χ1v) is 8.83. The second kappa shape index (κ2) is 6.43. The Morgan fingerprint density at radius 3 is 2.78 bits per heavy atom. The number of allylic oxidation sites excluding steroid dienone is 1. The average molecular weight is 361 g/mol. The lowest BCUT2D eigenvalue weighted by Crippen LogP contribution is -2.02. The maximum Gasteiger partial charge on any atom is 0.308 e. The van der Waals surface area contributed by atoms with Crippen molar-refractivity contribution in [2.45, 2.75) is 27.3 Å². The highest BCUT2D eigenvalue weighted by Crippen LogP contribution is 2.38. The number of hydrogen-bond acceptors (Lipinski definition) is 4. The minimum atomic E-state index is -0.415. The molecule has 0 N–H and O–H groups in total. The van der Waals surface area contributed by atoms with Crippen molar-refractivity contribution in [3.63, 3.8) is 0 Å². The predicted molar refractivity (Wildman–Crippen MR) is 103 cm³/mol. The van der Waals surface area contributed by atoms with Gasteiger partial charge in [0.2, 0.25) is 5.78 Å². The molecule has 0 amide bonds. The summed E-state index contributed by atoms with van der Waals surface area (Å²) in [6.45, 7) is 6.06. The van der Waals surface area contributed by atoms with Crippen LogP contribution in [0.4, 0.5) is 0 Å². The number of carbonyl (C=O) groups excluding carboxylic acids is 2. The summed E-state index contributed by atoms with van der Waals surface area (Å²) >= 11 is 0. The third-order valence-corrected chi connectivity index (χ3v) is 4.65. The quantitative estimate of drug-likeness (QED) is 0.391. The Balaban J connectivity index is 1.77. The molecule has 5 nitrogen and oxygen atoms in total. The summed E-state index contributed by atoms with van der Waals surface area (Å²) in [5, 5.41) is 1.07. The van der Waals surface area contributed by atoms with Gasteiger partial charge in [0.15, 0.2) is 5.76 Å². The van der Waals surface area contributed by atoms with E-state index in [4.69, 9.17) is 9.47 Å². The maximum atomic E-state index is 12.9. The summed E-state index contributed by atoms with van der Waals surface area (Å²) in [6, 6.07) is 11.3. The largest absolute Gasteiger partial charge is 0.452 e. The Labute approximate surface area is 156 Å². The summed E-state index contributed by atoms with van der Waals surface area (Å²) in [5.74, 6) is 0.483. The molecule has 0 bridgehead atoms. The Morgan fingerprint density at radius 2 is 2.04 bits per heavy atom. The number of esters is 1. The Hall–Kier alpha value is -3.34. The second-order valence-corrected chi connectivity index (χ2v) is 6.53. The number of aryl methyl sites for hydroxylation is 2. The van der Waals surface area contributed by atoms with Crippen molar-refractivity contribution in [2.24, 2.45) is 0 Å². The molecule has 136 valence electrons. The lowest BCUT2D eigenvalue weighted by atomic mass is 10.0. The number of aromatic nitrogens is 1. The van der Waals surface area contributed by atoms with E-state index in [0.29, 0.717) is 22.6 Å². The fourth-order valence-electron chi connectivity index (χ4n) is 3.50. The van der Waals surface area contributed by atoms with Gasteiger partial charge in [0.1, 0.15) is 11.5 Å². The molecular weight excluding hydrogens is 342 g/mol. The standard InChI is InChI=1S/C22H19NO4/c1-4-23-12-15(17-7-5-6-8-18(17)23)10-20-22(25)21-13(2)9-16(26-14(3)24)11-19(21)27-20/h5-12H,4H2,1-3H3/b20-10-. The van der Waals surface area contributed by atoms with Crippen LogP contribution in [0.2, 0.25) is 0 Å². The predicted octanol–water partition coefficient (Wildman–Crippen LogP) is 4.51. The molecule has 5 heteroatoms. The van der Waals surface area contributed by atoms with Gasteiger partial charge in [-0.25, -0.2) is 0 Å². The number of Topliss-reactive ketones (excluding diaryl/α,β-unsaturated/α-hetero) is 1. The number of para-hydroxylation sites is 1. The normalized spacial score (nSPS) is 14.5. The Bertz CT molecular complexity index is 1120. The third-order valence-electron chi connectivity index (χ3n) is 4.65.